The fourth-order valence-corrected chi connectivity index (χ4v) is 6.32. The van der Waals surface area contributed by atoms with Crippen LogP contribution >= 0.6 is 0 Å². The van der Waals surface area contributed by atoms with Gasteiger partial charge in [-0.1, -0.05) is 41.5 Å². The molecular weight excluding hydrogens is 404 g/mol. The molecular formula is C27H38O5. The summed E-state index contributed by atoms with van der Waals surface area (Å²) in [6.07, 6.45) is 2.91. The number of ether oxygens (including phenoxy) is 1. The molecule has 0 bridgehead atoms. The number of hydrogen-bond acceptors (Lipinski definition) is 5. The lowest BCUT2D eigenvalue weighted by Gasteiger charge is -2.46. The van der Waals surface area contributed by atoms with Gasteiger partial charge in [0.1, 0.15) is 34.0 Å². The van der Waals surface area contributed by atoms with E-state index in [9.17, 15) is 19.8 Å². The predicted molar refractivity (Wildman–Crippen MR) is 124 cm³/mol. The number of rotatable bonds is 6. The Morgan fingerprint density at radius 2 is 1.50 bits per heavy atom. The maximum absolute atomic E-state index is 13.3. The van der Waals surface area contributed by atoms with Crippen LogP contribution in [0.1, 0.15) is 100 Å². The van der Waals surface area contributed by atoms with Crippen LogP contribution < -0.4 is 4.74 Å². The maximum atomic E-state index is 13.3. The van der Waals surface area contributed by atoms with Crippen LogP contribution in [0.3, 0.4) is 0 Å². The van der Waals surface area contributed by atoms with E-state index >= 15 is 0 Å². The number of hydrogen-bond donors (Lipinski definition) is 2. The summed E-state index contributed by atoms with van der Waals surface area (Å²) in [6.45, 7) is 14.4. The van der Waals surface area contributed by atoms with E-state index in [2.05, 4.69) is 20.8 Å². The standard InChI is InChI=1S/C27H38O5/c1-13(2)8-19(28)21-23(30)16-10-15-11-17-18(26(17,5)6)12-27(15,7)32-25(16)22(24(21)31)20(29)9-14(3)4/h13-15,17-18,30-31H,8-12H2,1-7H3/t15-,17-,18+,27+/m0/s1. The molecule has 0 spiro atoms. The van der Waals surface area contributed by atoms with Crippen molar-refractivity contribution in [2.24, 2.45) is 35.0 Å². The molecule has 3 aliphatic rings. The summed E-state index contributed by atoms with van der Waals surface area (Å²) in [5, 5.41) is 22.3. The molecule has 2 fully saturated rings. The van der Waals surface area contributed by atoms with Gasteiger partial charge in [-0.3, -0.25) is 9.59 Å². The van der Waals surface area contributed by atoms with E-state index in [0.29, 0.717) is 29.6 Å². The lowest BCUT2D eigenvalue weighted by Crippen LogP contribution is -2.48. The first-order valence-electron chi connectivity index (χ1n) is 12.1. The Labute approximate surface area is 191 Å². The molecule has 1 aromatic carbocycles. The average molecular weight is 443 g/mol. The fraction of sp³-hybridized carbons (Fsp3) is 0.704. The van der Waals surface area contributed by atoms with Gasteiger partial charge in [0.25, 0.3) is 0 Å². The zero-order chi connectivity index (χ0) is 23.7. The predicted octanol–water partition coefficient (Wildman–Crippen LogP) is 5.93. The van der Waals surface area contributed by atoms with E-state index in [-0.39, 0.29) is 64.5 Å². The molecule has 2 aliphatic carbocycles. The van der Waals surface area contributed by atoms with Crippen molar-refractivity contribution in [2.45, 2.75) is 86.2 Å². The molecule has 5 heteroatoms. The highest BCUT2D eigenvalue weighted by Gasteiger charge is 2.65. The Balaban J connectivity index is 1.85. The van der Waals surface area contributed by atoms with Crippen molar-refractivity contribution in [2.75, 3.05) is 0 Å². The Morgan fingerprint density at radius 1 is 0.938 bits per heavy atom. The highest BCUT2D eigenvalue weighted by atomic mass is 16.5. The van der Waals surface area contributed by atoms with Crippen LogP contribution in [0.5, 0.6) is 17.2 Å². The highest BCUT2D eigenvalue weighted by molar-refractivity contribution is 6.09. The van der Waals surface area contributed by atoms with Gasteiger partial charge in [0.2, 0.25) is 0 Å². The molecule has 2 N–H and O–H groups in total. The number of ketones is 2. The number of Topliss-reactive ketones (excluding diaryl/α,β-unsaturated/α-hetero) is 2. The topological polar surface area (TPSA) is 83.8 Å². The second kappa shape index (κ2) is 7.50. The average Bonchev–Trinajstić information content (AvgIpc) is 3.15. The van der Waals surface area contributed by atoms with Crippen LogP contribution in [0, 0.1) is 35.0 Å². The van der Waals surface area contributed by atoms with Crippen LogP contribution in [0.15, 0.2) is 0 Å². The molecule has 4 rings (SSSR count). The Bertz CT molecular complexity index is 973. The van der Waals surface area contributed by atoms with Crippen molar-refractivity contribution in [1.82, 2.24) is 0 Å². The Kier molecular flexibility index (Phi) is 5.42. The number of aromatic hydroxyl groups is 2. The van der Waals surface area contributed by atoms with Crippen molar-refractivity contribution >= 4 is 11.6 Å². The summed E-state index contributed by atoms with van der Waals surface area (Å²) < 4.78 is 6.57. The van der Waals surface area contributed by atoms with Gasteiger partial charge < -0.3 is 14.9 Å². The van der Waals surface area contributed by atoms with Crippen LogP contribution in [0.2, 0.25) is 0 Å². The van der Waals surface area contributed by atoms with Crippen molar-refractivity contribution in [3.63, 3.8) is 0 Å². The molecule has 1 heterocycles. The number of carbonyl (C=O) groups is 2. The Hall–Kier alpha value is -2.04. The molecule has 176 valence electrons. The summed E-state index contributed by atoms with van der Waals surface area (Å²) in [6, 6.07) is 0. The van der Waals surface area contributed by atoms with Gasteiger partial charge in [-0.15, -0.1) is 0 Å². The number of phenolic OH excluding ortho intramolecular Hbond substituents is 2. The van der Waals surface area contributed by atoms with Gasteiger partial charge in [0.15, 0.2) is 11.6 Å². The van der Waals surface area contributed by atoms with Crippen LogP contribution in [0.4, 0.5) is 0 Å². The van der Waals surface area contributed by atoms with E-state index in [0.717, 1.165) is 12.8 Å². The number of phenols is 2. The zero-order valence-electron chi connectivity index (χ0n) is 20.5. The van der Waals surface area contributed by atoms with Crippen molar-refractivity contribution in [3.8, 4) is 17.2 Å². The van der Waals surface area contributed by atoms with Gasteiger partial charge in [-0.05, 0) is 55.3 Å². The first-order chi connectivity index (χ1) is 14.8. The lowest BCUT2D eigenvalue weighted by molar-refractivity contribution is -0.0266. The molecule has 5 nitrogen and oxygen atoms in total. The lowest BCUT2D eigenvalue weighted by atomic mass is 9.71. The second-order valence-corrected chi connectivity index (χ2v) is 12.1. The summed E-state index contributed by atoms with van der Waals surface area (Å²) in [4.78, 5) is 26.3. The highest BCUT2D eigenvalue weighted by Crippen LogP contribution is 2.69. The quantitative estimate of drug-likeness (QED) is 0.533. The monoisotopic (exact) mass is 442 g/mol. The molecule has 0 amide bonds. The SMILES string of the molecule is CC(C)CC(=O)c1c(O)c2c(c(C(=O)CC(C)C)c1O)O[C@]1(C)C[C@@H]3[C@H](C[C@@H]1C2)C3(C)C. The molecule has 1 aliphatic heterocycles. The van der Waals surface area contributed by atoms with Crippen LogP contribution in [-0.2, 0) is 6.42 Å². The number of carbonyl (C=O) groups excluding carboxylic acids is 2. The summed E-state index contributed by atoms with van der Waals surface area (Å²) in [5.74, 6) is 0.699. The van der Waals surface area contributed by atoms with Crippen LogP contribution in [0.25, 0.3) is 0 Å². The molecule has 4 atom stereocenters. The third kappa shape index (κ3) is 3.52. The summed E-state index contributed by atoms with van der Waals surface area (Å²) >= 11 is 0. The first kappa shape index (κ1) is 23.1. The van der Waals surface area contributed by atoms with Gasteiger partial charge in [0.05, 0.1) is 0 Å². The van der Waals surface area contributed by atoms with Crippen molar-refractivity contribution in [1.29, 1.82) is 0 Å². The normalized spacial score (nSPS) is 29.7. The molecule has 0 saturated heterocycles. The minimum atomic E-state index is -0.447. The third-order valence-corrected chi connectivity index (χ3v) is 8.34. The van der Waals surface area contributed by atoms with Crippen molar-refractivity contribution in [3.05, 3.63) is 16.7 Å². The smallest absolute Gasteiger partial charge is 0.170 e. The minimum absolute atomic E-state index is 0.0686. The van der Waals surface area contributed by atoms with Gasteiger partial charge in [0, 0.05) is 24.3 Å². The second-order valence-electron chi connectivity index (χ2n) is 12.1. The van der Waals surface area contributed by atoms with Gasteiger partial charge in [-0.2, -0.15) is 0 Å². The van der Waals surface area contributed by atoms with Crippen molar-refractivity contribution < 1.29 is 24.5 Å². The van der Waals surface area contributed by atoms with E-state index in [1.54, 1.807) is 0 Å². The third-order valence-electron chi connectivity index (χ3n) is 8.34. The zero-order valence-corrected chi connectivity index (χ0v) is 20.5. The van der Waals surface area contributed by atoms with Crippen LogP contribution in [-0.4, -0.2) is 27.4 Å². The van der Waals surface area contributed by atoms with Gasteiger partial charge >= 0.3 is 0 Å². The number of fused-ring (bicyclic) bond motifs is 3. The summed E-state index contributed by atoms with van der Waals surface area (Å²) in [5.41, 5.74) is 0.320. The number of benzene rings is 1. The first-order valence-corrected chi connectivity index (χ1v) is 12.1. The van der Waals surface area contributed by atoms with E-state index in [4.69, 9.17) is 4.74 Å². The van der Waals surface area contributed by atoms with E-state index in [1.165, 1.54) is 0 Å². The maximum Gasteiger partial charge on any atom is 0.170 e. The molecule has 2 saturated carbocycles. The van der Waals surface area contributed by atoms with Gasteiger partial charge in [-0.25, -0.2) is 0 Å². The van der Waals surface area contributed by atoms with E-state index in [1.807, 2.05) is 27.7 Å². The fourth-order valence-electron chi connectivity index (χ4n) is 6.32. The molecule has 0 aromatic heterocycles. The molecule has 0 radical (unpaired) electrons. The van der Waals surface area contributed by atoms with E-state index < -0.39 is 11.4 Å². The Morgan fingerprint density at radius 3 is 2.06 bits per heavy atom. The molecule has 0 unspecified atom stereocenters. The molecule has 1 aromatic rings. The summed E-state index contributed by atoms with van der Waals surface area (Å²) in [7, 11) is 0. The largest absolute Gasteiger partial charge is 0.507 e. The minimum Gasteiger partial charge on any atom is -0.507 e. The molecule has 32 heavy (non-hydrogen) atoms.